The molecule has 1 saturated heterocycles. The van der Waals surface area contributed by atoms with E-state index in [1.54, 1.807) is 0 Å². The lowest BCUT2D eigenvalue weighted by Gasteiger charge is -2.28. The molecule has 4 rings (SSSR count). The molecule has 6 nitrogen and oxygen atoms in total. The molecular formula is C23H23N5O. The largest absolute Gasteiger partial charge is 0.378 e. The minimum atomic E-state index is 0.481. The lowest BCUT2D eigenvalue weighted by molar-refractivity contribution is 0.122. The quantitative estimate of drug-likeness (QED) is 0.639. The van der Waals surface area contributed by atoms with Crippen LogP contribution in [0.15, 0.2) is 48.5 Å². The first kappa shape index (κ1) is 18.9. The van der Waals surface area contributed by atoms with Crippen molar-refractivity contribution in [3.8, 4) is 11.8 Å². The molecule has 0 radical (unpaired) electrons. The van der Waals surface area contributed by atoms with Crippen LogP contribution in [0, 0.1) is 25.2 Å². The number of rotatable bonds is 4. The smallest absolute Gasteiger partial charge is 0.232 e. The predicted molar refractivity (Wildman–Crippen MR) is 114 cm³/mol. The van der Waals surface area contributed by atoms with Crippen LogP contribution in [0.1, 0.15) is 22.5 Å². The van der Waals surface area contributed by atoms with E-state index in [1.807, 2.05) is 54.8 Å². The van der Waals surface area contributed by atoms with Crippen LogP contribution in [-0.2, 0) is 4.74 Å². The molecular weight excluding hydrogens is 362 g/mol. The predicted octanol–water partition coefficient (Wildman–Crippen LogP) is 3.78. The number of ether oxygens (including phenoxy) is 1. The number of nitriles is 1. The molecule has 29 heavy (non-hydrogen) atoms. The molecule has 146 valence electrons. The first-order valence-corrected chi connectivity index (χ1v) is 9.70. The summed E-state index contributed by atoms with van der Waals surface area (Å²) < 4.78 is 7.45. The second kappa shape index (κ2) is 8.29. The fraction of sp³-hybridized carbons (Fsp3) is 0.261. The minimum absolute atomic E-state index is 0.481. The van der Waals surface area contributed by atoms with Crippen molar-refractivity contribution in [2.24, 2.45) is 0 Å². The van der Waals surface area contributed by atoms with E-state index in [2.05, 4.69) is 39.4 Å². The maximum absolute atomic E-state index is 9.96. The number of aryl methyl sites for hydroxylation is 2. The van der Waals surface area contributed by atoms with E-state index in [-0.39, 0.29) is 0 Å². The fourth-order valence-corrected chi connectivity index (χ4v) is 3.45. The Balaban J connectivity index is 1.86. The van der Waals surface area contributed by atoms with Crippen LogP contribution in [0.5, 0.6) is 0 Å². The number of aromatic nitrogens is 3. The van der Waals surface area contributed by atoms with Crippen molar-refractivity contribution in [3.05, 3.63) is 71.0 Å². The van der Waals surface area contributed by atoms with Gasteiger partial charge in [-0.05, 0) is 43.2 Å². The van der Waals surface area contributed by atoms with Crippen molar-refractivity contribution in [2.75, 3.05) is 31.2 Å². The molecule has 2 aromatic carbocycles. The third-order valence-corrected chi connectivity index (χ3v) is 5.05. The lowest BCUT2D eigenvalue weighted by atomic mass is 10.0. The van der Waals surface area contributed by atoms with Crippen LogP contribution in [0.2, 0.25) is 0 Å². The van der Waals surface area contributed by atoms with Crippen LogP contribution >= 0.6 is 0 Å². The molecule has 0 unspecified atom stereocenters. The zero-order valence-corrected chi connectivity index (χ0v) is 16.7. The highest BCUT2D eigenvalue weighted by atomic mass is 16.5. The normalized spacial score (nSPS) is 14.7. The fourth-order valence-electron chi connectivity index (χ4n) is 3.45. The van der Waals surface area contributed by atoms with E-state index in [4.69, 9.17) is 4.74 Å². The highest BCUT2D eigenvalue weighted by Gasteiger charge is 2.23. The summed E-state index contributed by atoms with van der Waals surface area (Å²) in [5.41, 5.74) is 4.68. The second-order valence-electron chi connectivity index (χ2n) is 7.12. The highest BCUT2D eigenvalue weighted by Crippen LogP contribution is 2.27. The summed E-state index contributed by atoms with van der Waals surface area (Å²) in [6, 6.07) is 18.5. The molecule has 0 spiro atoms. The summed E-state index contributed by atoms with van der Waals surface area (Å²) >= 11 is 0. The second-order valence-corrected chi connectivity index (χ2v) is 7.12. The van der Waals surface area contributed by atoms with E-state index in [0.29, 0.717) is 24.6 Å². The Hall–Kier alpha value is -3.43. The van der Waals surface area contributed by atoms with Crippen LogP contribution in [-0.4, -0.2) is 41.1 Å². The van der Waals surface area contributed by atoms with Crippen molar-refractivity contribution in [1.82, 2.24) is 14.8 Å². The maximum atomic E-state index is 9.96. The van der Waals surface area contributed by atoms with Crippen molar-refractivity contribution in [2.45, 2.75) is 13.8 Å². The Morgan fingerprint density at radius 3 is 2.55 bits per heavy atom. The van der Waals surface area contributed by atoms with Gasteiger partial charge >= 0.3 is 0 Å². The van der Waals surface area contributed by atoms with Gasteiger partial charge in [0.1, 0.15) is 6.07 Å². The Kier molecular flexibility index (Phi) is 5.41. The van der Waals surface area contributed by atoms with Gasteiger partial charge in [-0.15, -0.1) is 10.2 Å². The zero-order chi connectivity index (χ0) is 20.2. The number of benzene rings is 2. The summed E-state index contributed by atoms with van der Waals surface area (Å²) in [7, 11) is 0. The summed E-state index contributed by atoms with van der Waals surface area (Å²) in [5.74, 6) is 1.28. The van der Waals surface area contributed by atoms with Gasteiger partial charge in [0.05, 0.1) is 24.5 Å². The first-order valence-electron chi connectivity index (χ1n) is 9.70. The maximum Gasteiger partial charge on any atom is 0.232 e. The van der Waals surface area contributed by atoms with Crippen LogP contribution in [0.3, 0.4) is 0 Å². The zero-order valence-electron chi connectivity index (χ0n) is 16.7. The summed E-state index contributed by atoms with van der Waals surface area (Å²) in [6.07, 6.45) is 1.90. The molecule has 6 heteroatoms. The van der Waals surface area contributed by atoms with E-state index >= 15 is 0 Å². The number of hydrogen-bond donors (Lipinski definition) is 0. The summed E-state index contributed by atoms with van der Waals surface area (Å²) in [5, 5.41) is 18.8. The topological polar surface area (TPSA) is 67.0 Å². The molecule has 1 aliphatic rings. The minimum Gasteiger partial charge on any atom is -0.378 e. The summed E-state index contributed by atoms with van der Waals surface area (Å²) in [6.45, 7) is 6.88. The molecule has 0 bridgehead atoms. The Morgan fingerprint density at radius 1 is 1.07 bits per heavy atom. The molecule has 0 saturated carbocycles. The molecule has 0 atom stereocenters. The Morgan fingerprint density at radius 2 is 1.83 bits per heavy atom. The van der Waals surface area contributed by atoms with E-state index in [1.165, 1.54) is 0 Å². The Bertz CT molecular complexity index is 1070. The van der Waals surface area contributed by atoms with Gasteiger partial charge in [0.15, 0.2) is 5.82 Å². The van der Waals surface area contributed by atoms with Gasteiger partial charge in [-0.25, -0.2) is 0 Å². The number of para-hydroxylation sites is 1. The van der Waals surface area contributed by atoms with Crippen molar-refractivity contribution in [3.63, 3.8) is 0 Å². The number of allylic oxidation sites excluding steroid dienone is 1. The van der Waals surface area contributed by atoms with Gasteiger partial charge in [0, 0.05) is 13.1 Å². The van der Waals surface area contributed by atoms with Gasteiger partial charge in [0.2, 0.25) is 5.95 Å². The van der Waals surface area contributed by atoms with Gasteiger partial charge < -0.3 is 9.64 Å². The third kappa shape index (κ3) is 3.91. The Labute approximate surface area is 170 Å². The number of hydrogen-bond acceptors (Lipinski definition) is 5. The first-order chi connectivity index (χ1) is 14.2. The number of anilines is 1. The number of morpholine rings is 1. The molecule has 1 aliphatic heterocycles. The standard InChI is InChI=1S/C23H23N5O/c1-17-8-9-18(2)19(14-17)15-20(16-24)22-25-26-23(27-10-12-29-13-11-27)28(22)21-6-4-3-5-7-21/h3-9,14-15H,10-13H2,1-2H3/b20-15+. The van der Waals surface area contributed by atoms with Crippen LogP contribution < -0.4 is 4.90 Å². The highest BCUT2D eigenvalue weighted by molar-refractivity contribution is 5.88. The molecule has 2 heterocycles. The molecule has 0 N–H and O–H groups in total. The van der Waals surface area contributed by atoms with Crippen molar-refractivity contribution >= 4 is 17.6 Å². The molecule has 0 amide bonds. The third-order valence-electron chi connectivity index (χ3n) is 5.05. The van der Waals surface area contributed by atoms with Gasteiger partial charge in [0.25, 0.3) is 0 Å². The molecule has 0 aliphatic carbocycles. The van der Waals surface area contributed by atoms with Crippen molar-refractivity contribution < 1.29 is 4.74 Å². The van der Waals surface area contributed by atoms with E-state index < -0.39 is 0 Å². The SMILES string of the molecule is Cc1ccc(C)c(/C=C(\C#N)c2nnc(N3CCOCC3)n2-c2ccccc2)c1. The van der Waals surface area contributed by atoms with E-state index in [0.717, 1.165) is 41.4 Å². The van der Waals surface area contributed by atoms with Crippen LogP contribution in [0.25, 0.3) is 17.3 Å². The van der Waals surface area contributed by atoms with Gasteiger partial charge in [-0.3, -0.25) is 4.57 Å². The van der Waals surface area contributed by atoms with Gasteiger partial charge in [-0.2, -0.15) is 5.26 Å². The van der Waals surface area contributed by atoms with Crippen LogP contribution in [0.4, 0.5) is 5.95 Å². The monoisotopic (exact) mass is 385 g/mol. The molecule has 1 aromatic heterocycles. The average Bonchev–Trinajstić information content (AvgIpc) is 3.20. The summed E-state index contributed by atoms with van der Waals surface area (Å²) in [4.78, 5) is 2.15. The van der Waals surface area contributed by atoms with Crippen molar-refractivity contribution in [1.29, 1.82) is 5.26 Å². The van der Waals surface area contributed by atoms with Gasteiger partial charge in [-0.1, -0.05) is 42.0 Å². The molecule has 3 aromatic rings. The van der Waals surface area contributed by atoms with E-state index in [9.17, 15) is 5.26 Å². The average molecular weight is 385 g/mol. The lowest BCUT2D eigenvalue weighted by Crippen LogP contribution is -2.38. The molecule has 1 fully saturated rings. The number of nitrogens with zero attached hydrogens (tertiary/aromatic N) is 5.